The van der Waals surface area contributed by atoms with Crippen LogP contribution in [0, 0.1) is 11.8 Å². The number of carbonyl (C=O) groups is 5. The van der Waals surface area contributed by atoms with Gasteiger partial charge in [0.2, 0.25) is 11.8 Å². The summed E-state index contributed by atoms with van der Waals surface area (Å²) in [6, 6.07) is -2.29. The van der Waals surface area contributed by atoms with Crippen LogP contribution >= 0.6 is 0 Å². The summed E-state index contributed by atoms with van der Waals surface area (Å²) in [7, 11) is 0. The van der Waals surface area contributed by atoms with Crippen molar-refractivity contribution < 1.29 is 41.9 Å². The third kappa shape index (κ3) is 9.60. The molecule has 0 aromatic carbocycles. The molecule has 37 heavy (non-hydrogen) atoms. The molecular formula is C24H37F3N4O6. The van der Waals surface area contributed by atoms with Crippen LogP contribution < -0.4 is 16.0 Å². The molecule has 2 aliphatic rings. The fourth-order valence-corrected chi connectivity index (χ4v) is 4.94. The number of hydrogen-bond donors (Lipinski definition) is 3. The van der Waals surface area contributed by atoms with E-state index >= 15 is 0 Å². The molecule has 0 aromatic heterocycles. The Morgan fingerprint density at radius 1 is 1.05 bits per heavy atom. The second-order valence-electron chi connectivity index (χ2n) is 10.7. The summed E-state index contributed by atoms with van der Waals surface area (Å²) >= 11 is 0. The summed E-state index contributed by atoms with van der Waals surface area (Å²) in [5, 5.41) is 7.70. The van der Waals surface area contributed by atoms with Crippen LogP contribution in [0.3, 0.4) is 0 Å². The molecule has 210 valence electrons. The number of unbranched alkanes of at least 4 members (excludes halogenated alkanes) is 1. The summed E-state index contributed by atoms with van der Waals surface area (Å²) in [4.78, 5) is 63.7. The number of carbonyl (C=O) groups excluding carboxylic acids is 5. The highest BCUT2D eigenvalue weighted by atomic mass is 19.4. The van der Waals surface area contributed by atoms with Crippen LogP contribution in [-0.4, -0.2) is 78.0 Å². The van der Waals surface area contributed by atoms with Gasteiger partial charge in [0.15, 0.2) is 5.78 Å². The molecule has 1 aliphatic heterocycles. The molecule has 3 N–H and O–H groups in total. The molecule has 1 unspecified atom stereocenters. The van der Waals surface area contributed by atoms with Crippen LogP contribution in [0.1, 0.15) is 66.2 Å². The maximum absolute atomic E-state index is 13.4. The van der Waals surface area contributed by atoms with E-state index < -0.39 is 54.1 Å². The molecule has 1 heterocycles. The number of nitrogens with zero attached hydrogens (tertiary/aromatic N) is 1. The van der Waals surface area contributed by atoms with Gasteiger partial charge in [-0.25, -0.2) is 0 Å². The molecule has 0 spiro atoms. The Labute approximate surface area is 214 Å². The quantitative estimate of drug-likeness (QED) is 0.287. The normalized spacial score (nSPS) is 22.2. The van der Waals surface area contributed by atoms with Crippen molar-refractivity contribution in [3.05, 3.63) is 0 Å². The Morgan fingerprint density at radius 3 is 2.32 bits per heavy atom. The van der Waals surface area contributed by atoms with E-state index in [1.54, 1.807) is 20.8 Å². The minimum absolute atomic E-state index is 0.0162. The molecule has 2 fully saturated rings. The molecule has 10 nitrogen and oxygen atoms in total. The lowest BCUT2D eigenvalue weighted by Gasteiger charge is -2.29. The van der Waals surface area contributed by atoms with E-state index in [1.807, 2.05) is 0 Å². The lowest BCUT2D eigenvalue weighted by molar-refractivity contribution is -0.321. The number of likely N-dealkylation sites (tertiary alicyclic amines) is 1. The second-order valence-corrected chi connectivity index (χ2v) is 10.7. The zero-order valence-electron chi connectivity index (χ0n) is 21.7. The second kappa shape index (κ2) is 12.7. The summed E-state index contributed by atoms with van der Waals surface area (Å²) < 4.78 is 41.2. The van der Waals surface area contributed by atoms with Gasteiger partial charge < -0.3 is 20.9 Å². The standard InChI is InChI=1S/C24H37F3N4O6/c1-14(32)28-11-6-5-10-17(18(33)13-37-24(25,26)27)29-20(34)19-16-9-7-8-15(16)12-31(19)22(36)21(35)30-23(2,3)4/h15-17,19H,5-13H2,1-4H3,(H,28,32)(H,29,34)(H,30,35)/t15-,16-,17-,19?/m0/s1. The Morgan fingerprint density at radius 2 is 1.73 bits per heavy atom. The average Bonchev–Trinajstić information content (AvgIpc) is 3.35. The third-order valence-corrected chi connectivity index (χ3v) is 6.48. The van der Waals surface area contributed by atoms with Crippen molar-refractivity contribution in [1.29, 1.82) is 0 Å². The van der Waals surface area contributed by atoms with Gasteiger partial charge in [0.25, 0.3) is 0 Å². The van der Waals surface area contributed by atoms with Gasteiger partial charge in [-0.2, -0.15) is 0 Å². The average molecular weight is 535 g/mol. The van der Waals surface area contributed by atoms with Crippen LogP contribution in [0.25, 0.3) is 0 Å². The maximum atomic E-state index is 13.4. The Hall–Kier alpha value is -2.70. The first-order valence-corrected chi connectivity index (χ1v) is 12.5. The fraction of sp³-hybridized carbons (Fsp3) is 0.792. The van der Waals surface area contributed by atoms with Gasteiger partial charge in [-0.05, 0) is 64.7 Å². The lowest BCUT2D eigenvalue weighted by atomic mass is 9.93. The number of Topliss-reactive ketones (excluding diaryl/α,β-unsaturated/α-hetero) is 1. The van der Waals surface area contributed by atoms with Crippen LogP contribution in [0.2, 0.25) is 0 Å². The molecule has 13 heteroatoms. The van der Waals surface area contributed by atoms with E-state index in [-0.39, 0.29) is 30.7 Å². The summed E-state index contributed by atoms with van der Waals surface area (Å²) in [6.45, 7) is 5.73. The largest absolute Gasteiger partial charge is 0.522 e. The van der Waals surface area contributed by atoms with Crippen molar-refractivity contribution in [1.82, 2.24) is 20.9 Å². The minimum Gasteiger partial charge on any atom is -0.356 e. The van der Waals surface area contributed by atoms with Gasteiger partial charge in [0, 0.05) is 25.6 Å². The highest BCUT2D eigenvalue weighted by Crippen LogP contribution is 2.42. The van der Waals surface area contributed by atoms with Crippen molar-refractivity contribution in [2.75, 3.05) is 19.7 Å². The van der Waals surface area contributed by atoms with Crippen molar-refractivity contribution in [3.8, 4) is 0 Å². The molecule has 0 radical (unpaired) electrons. The number of hydrogen-bond acceptors (Lipinski definition) is 6. The zero-order valence-corrected chi connectivity index (χ0v) is 21.7. The molecule has 2 rings (SSSR count). The number of rotatable bonds is 10. The Kier molecular flexibility index (Phi) is 10.5. The number of fused-ring (bicyclic) bond motifs is 1. The van der Waals surface area contributed by atoms with E-state index in [0.717, 1.165) is 12.8 Å². The van der Waals surface area contributed by atoms with Gasteiger partial charge >= 0.3 is 18.2 Å². The van der Waals surface area contributed by atoms with Crippen molar-refractivity contribution in [2.24, 2.45) is 11.8 Å². The lowest BCUT2D eigenvalue weighted by Crippen LogP contribution is -2.56. The third-order valence-electron chi connectivity index (χ3n) is 6.48. The number of amides is 4. The van der Waals surface area contributed by atoms with E-state index in [1.165, 1.54) is 11.8 Å². The number of halogens is 3. The first-order valence-electron chi connectivity index (χ1n) is 12.5. The Balaban J connectivity index is 2.15. The van der Waals surface area contributed by atoms with E-state index in [2.05, 4.69) is 20.7 Å². The monoisotopic (exact) mass is 534 g/mol. The van der Waals surface area contributed by atoms with Crippen LogP contribution in [0.4, 0.5) is 13.2 Å². The fourth-order valence-electron chi connectivity index (χ4n) is 4.94. The maximum Gasteiger partial charge on any atom is 0.522 e. The molecule has 4 amide bonds. The first kappa shape index (κ1) is 30.5. The molecule has 0 bridgehead atoms. The molecule has 1 saturated carbocycles. The molecular weight excluding hydrogens is 497 g/mol. The summed E-state index contributed by atoms with van der Waals surface area (Å²) in [6.07, 6.45) is -1.95. The molecule has 1 aliphatic carbocycles. The van der Waals surface area contributed by atoms with Gasteiger partial charge in [-0.3, -0.25) is 28.7 Å². The highest BCUT2D eigenvalue weighted by Gasteiger charge is 2.51. The van der Waals surface area contributed by atoms with Gasteiger partial charge in [0.1, 0.15) is 12.6 Å². The minimum atomic E-state index is -5.01. The van der Waals surface area contributed by atoms with E-state index in [4.69, 9.17) is 0 Å². The topological polar surface area (TPSA) is 134 Å². The molecule has 0 aromatic rings. The van der Waals surface area contributed by atoms with E-state index in [0.29, 0.717) is 25.8 Å². The predicted molar refractivity (Wildman–Crippen MR) is 126 cm³/mol. The van der Waals surface area contributed by atoms with Gasteiger partial charge in [-0.1, -0.05) is 6.42 Å². The zero-order chi connectivity index (χ0) is 28.0. The number of nitrogens with one attached hydrogen (secondary N) is 3. The van der Waals surface area contributed by atoms with Crippen molar-refractivity contribution in [2.45, 2.75) is 90.2 Å². The first-order chi connectivity index (χ1) is 17.1. The Bertz CT molecular complexity index is 874. The molecule has 4 atom stereocenters. The van der Waals surface area contributed by atoms with Gasteiger partial charge in [0.05, 0.1) is 6.04 Å². The van der Waals surface area contributed by atoms with Crippen LogP contribution in [-0.2, 0) is 28.7 Å². The van der Waals surface area contributed by atoms with Crippen LogP contribution in [0.5, 0.6) is 0 Å². The van der Waals surface area contributed by atoms with Crippen molar-refractivity contribution >= 4 is 29.4 Å². The SMILES string of the molecule is CC(=O)NCCCC[C@H](NC(=O)C1[C@H]2CCC[C@H]2CN1C(=O)C(=O)NC(C)(C)C)C(=O)COC(F)(F)F. The number of ketones is 1. The summed E-state index contributed by atoms with van der Waals surface area (Å²) in [5.74, 6) is -3.80. The number of alkyl halides is 3. The summed E-state index contributed by atoms with van der Waals surface area (Å²) in [5.41, 5.74) is -0.673. The highest BCUT2D eigenvalue weighted by molar-refractivity contribution is 6.35. The van der Waals surface area contributed by atoms with E-state index in [9.17, 15) is 37.1 Å². The number of ether oxygens (including phenoxy) is 1. The smallest absolute Gasteiger partial charge is 0.356 e. The van der Waals surface area contributed by atoms with Gasteiger partial charge in [-0.15, -0.1) is 13.2 Å². The van der Waals surface area contributed by atoms with Crippen molar-refractivity contribution in [3.63, 3.8) is 0 Å². The predicted octanol–water partition coefficient (Wildman–Crippen LogP) is 1.42. The van der Waals surface area contributed by atoms with Crippen LogP contribution in [0.15, 0.2) is 0 Å². The molecule has 1 saturated heterocycles.